The lowest BCUT2D eigenvalue weighted by Gasteiger charge is -2.29. The van der Waals surface area contributed by atoms with Crippen molar-refractivity contribution in [3.63, 3.8) is 0 Å². The highest BCUT2D eigenvalue weighted by molar-refractivity contribution is 7.91. The van der Waals surface area contributed by atoms with Gasteiger partial charge in [-0.1, -0.05) is 13.8 Å². The van der Waals surface area contributed by atoms with Crippen molar-refractivity contribution in [2.45, 2.75) is 60.9 Å². The Morgan fingerprint density at radius 2 is 1.52 bits per heavy atom. The van der Waals surface area contributed by atoms with Crippen molar-refractivity contribution in [2.75, 3.05) is 24.7 Å². The fourth-order valence-corrected chi connectivity index (χ4v) is 5.69. The molecule has 1 heterocycles. The molecule has 0 spiro atoms. The largest absolute Gasteiger partial charge is 0.452 e. The maximum absolute atomic E-state index is 12.8. The standard InChI is InChI=1S/C22H33NO5S/c1-13(2)10-23(19-8-9-29(26,27)12-19)20(24)11-28-22(25)21-17(6)15(4)14(3)16(5)18(21)7/h13,19H,8-12H2,1-7H3. The highest BCUT2D eigenvalue weighted by Gasteiger charge is 2.35. The molecule has 0 aromatic heterocycles. The third-order valence-corrected chi connectivity index (χ3v) is 7.81. The van der Waals surface area contributed by atoms with Crippen molar-refractivity contribution in [1.82, 2.24) is 4.90 Å². The van der Waals surface area contributed by atoms with Gasteiger partial charge >= 0.3 is 5.97 Å². The van der Waals surface area contributed by atoms with Crippen LogP contribution >= 0.6 is 0 Å². The first-order valence-electron chi connectivity index (χ1n) is 10.1. The molecule has 0 radical (unpaired) electrons. The van der Waals surface area contributed by atoms with E-state index in [2.05, 4.69) is 0 Å². The average molecular weight is 424 g/mol. The molecule has 7 heteroatoms. The molecule has 162 valence electrons. The van der Waals surface area contributed by atoms with Crippen LogP contribution in [0.15, 0.2) is 0 Å². The monoisotopic (exact) mass is 423 g/mol. The van der Waals surface area contributed by atoms with Crippen molar-refractivity contribution in [3.05, 3.63) is 33.4 Å². The second-order valence-corrected chi connectivity index (χ2v) is 10.8. The quantitative estimate of drug-likeness (QED) is 0.657. The molecule has 1 aromatic rings. The summed E-state index contributed by atoms with van der Waals surface area (Å²) in [7, 11) is -3.11. The number of sulfone groups is 1. The zero-order valence-electron chi connectivity index (χ0n) is 18.6. The first-order chi connectivity index (χ1) is 13.4. The molecule has 1 amide bonds. The number of hydrogen-bond donors (Lipinski definition) is 0. The Labute approximate surface area is 174 Å². The van der Waals surface area contributed by atoms with E-state index in [1.54, 1.807) is 4.90 Å². The molecule has 0 bridgehead atoms. The van der Waals surface area contributed by atoms with Gasteiger partial charge in [-0.25, -0.2) is 13.2 Å². The van der Waals surface area contributed by atoms with Crippen LogP contribution in [0.25, 0.3) is 0 Å². The Morgan fingerprint density at radius 1 is 1.00 bits per heavy atom. The van der Waals surface area contributed by atoms with Gasteiger partial charge in [0.2, 0.25) is 0 Å². The zero-order chi connectivity index (χ0) is 22.1. The summed E-state index contributed by atoms with van der Waals surface area (Å²) in [5.41, 5.74) is 5.48. The van der Waals surface area contributed by atoms with Gasteiger partial charge in [-0.15, -0.1) is 0 Å². The van der Waals surface area contributed by atoms with E-state index in [-0.39, 0.29) is 36.0 Å². The van der Waals surface area contributed by atoms with Crippen LogP contribution in [0.3, 0.4) is 0 Å². The summed E-state index contributed by atoms with van der Waals surface area (Å²) < 4.78 is 29.1. The van der Waals surface area contributed by atoms with Crippen molar-refractivity contribution in [2.24, 2.45) is 5.92 Å². The Hall–Kier alpha value is -1.89. The Morgan fingerprint density at radius 3 is 1.97 bits per heavy atom. The summed E-state index contributed by atoms with van der Waals surface area (Å²) in [6, 6.07) is -0.346. The van der Waals surface area contributed by atoms with Gasteiger partial charge in [0, 0.05) is 12.6 Å². The van der Waals surface area contributed by atoms with E-state index < -0.39 is 15.8 Å². The van der Waals surface area contributed by atoms with Gasteiger partial charge in [-0.3, -0.25) is 4.79 Å². The van der Waals surface area contributed by atoms with Gasteiger partial charge in [0.1, 0.15) is 0 Å². The van der Waals surface area contributed by atoms with E-state index in [0.29, 0.717) is 18.5 Å². The molecule has 2 rings (SSSR count). The van der Waals surface area contributed by atoms with Crippen LogP contribution in [0.2, 0.25) is 0 Å². The number of nitrogens with zero attached hydrogens (tertiary/aromatic N) is 1. The third kappa shape index (κ3) is 5.18. The molecule has 0 N–H and O–H groups in total. The molecule has 6 nitrogen and oxygen atoms in total. The van der Waals surface area contributed by atoms with Crippen LogP contribution in [-0.2, 0) is 19.4 Å². The van der Waals surface area contributed by atoms with E-state index in [4.69, 9.17) is 4.74 Å². The number of benzene rings is 1. The lowest BCUT2D eigenvalue weighted by Crippen LogP contribution is -2.45. The minimum Gasteiger partial charge on any atom is -0.452 e. The zero-order valence-corrected chi connectivity index (χ0v) is 19.4. The van der Waals surface area contributed by atoms with Gasteiger partial charge in [0.15, 0.2) is 16.4 Å². The number of esters is 1. The SMILES string of the molecule is Cc1c(C)c(C)c(C(=O)OCC(=O)N(CC(C)C)C2CCS(=O)(=O)C2)c(C)c1C. The maximum atomic E-state index is 12.8. The number of hydrogen-bond acceptors (Lipinski definition) is 5. The second-order valence-electron chi connectivity index (χ2n) is 8.57. The predicted molar refractivity (Wildman–Crippen MR) is 114 cm³/mol. The minimum atomic E-state index is -3.11. The molecule has 1 atom stereocenters. The topological polar surface area (TPSA) is 80.8 Å². The highest BCUT2D eigenvalue weighted by atomic mass is 32.2. The number of amides is 1. The van der Waals surface area contributed by atoms with E-state index in [9.17, 15) is 18.0 Å². The van der Waals surface area contributed by atoms with Gasteiger partial charge < -0.3 is 9.64 Å². The molecule has 29 heavy (non-hydrogen) atoms. The van der Waals surface area contributed by atoms with Crippen LogP contribution in [0.4, 0.5) is 0 Å². The Balaban J connectivity index is 2.17. The maximum Gasteiger partial charge on any atom is 0.339 e. The summed E-state index contributed by atoms with van der Waals surface area (Å²) in [5, 5.41) is 0. The van der Waals surface area contributed by atoms with Crippen molar-refractivity contribution >= 4 is 21.7 Å². The summed E-state index contributed by atoms with van der Waals surface area (Å²) in [6.45, 7) is 13.8. The van der Waals surface area contributed by atoms with Crippen LogP contribution in [-0.4, -0.2) is 55.9 Å². The Bertz CT molecular complexity index is 889. The second kappa shape index (κ2) is 8.86. The van der Waals surface area contributed by atoms with Gasteiger partial charge in [-0.05, 0) is 74.8 Å². The number of rotatable bonds is 6. The molecule has 1 unspecified atom stereocenters. The minimum absolute atomic E-state index is 0.0199. The highest BCUT2D eigenvalue weighted by Crippen LogP contribution is 2.27. The molecule has 1 aromatic carbocycles. The first kappa shape index (κ1) is 23.4. The Kier molecular flexibility index (Phi) is 7.14. The fourth-order valence-electron chi connectivity index (χ4n) is 3.96. The summed E-state index contributed by atoms with van der Waals surface area (Å²) in [4.78, 5) is 27.2. The van der Waals surface area contributed by atoms with Gasteiger partial charge in [0.25, 0.3) is 5.91 Å². The first-order valence-corrected chi connectivity index (χ1v) is 11.9. The van der Waals surface area contributed by atoms with Crippen molar-refractivity contribution in [3.8, 4) is 0 Å². The van der Waals surface area contributed by atoms with E-state index in [0.717, 1.165) is 27.8 Å². The smallest absolute Gasteiger partial charge is 0.339 e. The lowest BCUT2D eigenvalue weighted by molar-refractivity contribution is -0.137. The van der Waals surface area contributed by atoms with Crippen LogP contribution in [0.5, 0.6) is 0 Å². The summed E-state index contributed by atoms with van der Waals surface area (Å²) >= 11 is 0. The van der Waals surface area contributed by atoms with Crippen LogP contribution in [0.1, 0.15) is 58.4 Å². The molecule has 0 aliphatic carbocycles. The van der Waals surface area contributed by atoms with Gasteiger partial charge in [-0.2, -0.15) is 0 Å². The van der Waals surface area contributed by atoms with Crippen LogP contribution in [0, 0.1) is 40.5 Å². The lowest BCUT2D eigenvalue weighted by atomic mass is 9.90. The summed E-state index contributed by atoms with van der Waals surface area (Å²) in [5.74, 6) is -0.592. The van der Waals surface area contributed by atoms with Gasteiger partial charge in [0.05, 0.1) is 17.1 Å². The molecular formula is C22H33NO5S. The van der Waals surface area contributed by atoms with E-state index in [1.807, 2.05) is 48.5 Å². The van der Waals surface area contributed by atoms with E-state index in [1.165, 1.54) is 0 Å². The fraction of sp³-hybridized carbons (Fsp3) is 0.636. The number of carbonyl (C=O) groups is 2. The number of ether oxygens (including phenoxy) is 1. The molecular weight excluding hydrogens is 390 g/mol. The van der Waals surface area contributed by atoms with E-state index >= 15 is 0 Å². The molecule has 0 saturated carbocycles. The van der Waals surface area contributed by atoms with Crippen LogP contribution < -0.4 is 0 Å². The molecule has 1 aliphatic rings. The molecule has 1 saturated heterocycles. The third-order valence-electron chi connectivity index (χ3n) is 6.06. The summed E-state index contributed by atoms with van der Waals surface area (Å²) in [6.07, 6.45) is 0.434. The average Bonchev–Trinajstić information content (AvgIpc) is 3.00. The normalized spacial score (nSPS) is 18.1. The van der Waals surface area contributed by atoms with Crippen molar-refractivity contribution < 1.29 is 22.7 Å². The number of carbonyl (C=O) groups excluding carboxylic acids is 2. The molecule has 1 aliphatic heterocycles. The predicted octanol–water partition coefficient (Wildman–Crippen LogP) is 3.06. The molecule has 1 fully saturated rings. The van der Waals surface area contributed by atoms with Crippen molar-refractivity contribution in [1.29, 1.82) is 0 Å².